The normalized spacial score (nSPS) is 12.0. The lowest BCUT2D eigenvalue weighted by Gasteiger charge is -2.14. The summed E-state index contributed by atoms with van der Waals surface area (Å²) in [5.74, 6) is 0.743. The Morgan fingerprint density at radius 2 is 2.00 bits per heavy atom. The number of thioether (sulfide) groups is 1. The van der Waals surface area contributed by atoms with Crippen LogP contribution in [0.4, 0.5) is 5.69 Å². The van der Waals surface area contributed by atoms with E-state index in [1.54, 1.807) is 11.8 Å². The van der Waals surface area contributed by atoms with Crippen molar-refractivity contribution in [2.45, 2.75) is 11.0 Å². The summed E-state index contributed by atoms with van der Waals surface area (Å²) in [7, 11) is 0. The van der Waals surface area contributed by atoms with Gasteiger partial charge in [-0.2, -0.15) is 0 Å². The Kier molecular flexibility index (Phi) is 6.42. The maximum Gasteiger partial charge on any atom is 0.120 e. The highest BCUT2D eigenvalue weighted by Gasteiger charge is 2.05. The maximum absolute atomic E-state index is 9.94. The molecule has 0 fully saturated rings. The lowest BCUT2D eigenvalue weighted by atomic mass is 10.3. The van der Waals surface area contributed by atoms with Crippen LogP contribution in [0, 0.1) is 0 Å². The number of aliphatic hydroxyl groups is 1. The Labute approximate surface area is 137 Å². The fourth-order valence-electron chi connectivity index (χ4n) is 1.75. The van der Waals surface area contributed by atoms with Gasteiger partial charge in [0, 0.05) is 21.6 Å². The van der Waals surface area contributed by atoms with Crippen LogP contribution in [-0.2, 0) is 0 Å². The van der Waals surface area contributed by atoms with E-state index in [-0.39, 0.29) is 6.61 Å². The molecule has 0 heterocycles. The molecule has 1 unspecified atom stereocenters. The molecule has 0 saturated carbocycles. The Morgan fingerprint density at radius 1 is 1.24 bits per heavy atom. The molecule has 2 N–H and O–H groups in total. The fourth-order valence-corrected chi connectivity index (χ4v) is 2.54. The molecular weight excluding hydrogens is 350 g/mol. The van der Waals surface area contributed by atoms with E-state index in [0.717, 1.165) is 15.9 Å². The lowest BCUT2D eigenvalue weighted by molar-refractivity contribution is 0.117. The van der Waals surface area contributed by atoms with Crippen LogP contribution in [0.15, 0.2) is 57.9 Å². The predicted octanol–water partition coefficient (Wildman–Crippen LogP) is 4.02. The van der Waals surface area contributed by atoms with Crippen molar-refractivity contribution in [1.82, 2.24) is 0 Å². The van der Waals surface area contributed by atoms with Gasteiger partial charge in [0.2, 0.25) is 0 Å². The van der Waals surface area contributed by atoms with Crippen molar-refractivity contribution in [2.24, 2.45) is 0 Å². The van der Waals surface area contributed by atoms with Gasteiger partial charge in [-0.3, -0.25) is 0 Å². The molecule has 0 radical (unpaired) electrons. The van der Waals surface area contributed by atoms with Crippen molar-refractivity contribution in [3.8, 4) is 5.75 Å². The molecule has 0 aromatic heterocycles. The average molecular weight is 368 g/mol. The van der Waals surface area contributed by atoms with E-state index < -0.39 is 6.10 Å². The summed E-state index contributed by atoms with van der Waals surface area (Å²) in [6.45, 7) is 0.707. The number of halogens is 1. The first-order valence-electron chi connectivity index (χ1n) is 6.62. The van der Waals surface area contributed by atoms with Crippen LogP contribution in [0.25, 0.3) is 0 Å². The smallest absolute Gasteiger partial charge is 0.120 e. The molecule has 2 aromatic rings. The van der Waals surface area contributed by atoms with Gasteiger partial charge >= 0.3 is 0 Å². The molecule has 0 aliphatic carbocycles. The minimum atomic E-state index is -0.566. The van der Waals surface area contributed by atoms with Crippen LogP contribution in [0.1, 0.15) is 0 Å². The molecular formula is C16H18BrNO2S. The number of hydrogen-bond acceptors (Lipinski definition) is 4. The second-order valence-corrected chi connectivity index (χ2v) is 6.33. The van der Waals surface area contributed by atoms with Crippen molar-refractivity contribution in [3.63, 3.8) is 0 Å². The molecule has 112 valence electrons. The van der Waals surface area contributed by atoms with E-state index in [0.29, 0.717) is 6.54 Å². The average Bonchev–Trinajstić information content (AvgIpc) is 2.51. The second-order valence-electron chi connectivity index (χ2n) is 4.53. The predicted molar refractivity (Wildman–Crippen MR) is 92.4 cm³/mol. The Morgan fingerprint density at radius 3 is 2.67 bits per heavy atom. The van der Waals surface area contributed by atoms with Crippen molar-refractivity contribution in [2.75, 3.05) is 24.7 Å². The first-order chi connectivity index (χ1) is 10.2. The van der Waals surface area contributed by atoms with E-state index in [1.807, 2.05) is 42.7 Å². The van der Waals surface area contributed by atoms with E-state index in [2.05, 4.69) is 33.4 Å². The first-order valence-corrected chi connectivity index (χ1v) is 8.63. The Hall–Kier alpha value is -1.17. The molecule has 3 nitrogen and oxygen atoms in total. The highest BCUT2D eigenvalue weighted by Crippen LogP contribution is 2.19. The summed E-state index contributed by atoms with van der Waals surface area (Å²) >= 11 is 5.09. The molecule has 0 saturated heterocycles. The molecule has 0 aliphatic heterocycles. The minimum Gasteiger partial charge on any atom is -0.491 e. The van der Waals surface area contributed by atoms with Crippen LogP contribution in [0.3, 0.4) is 0 Å². The first kappa shape index (κ1) is 16.2. The zero-order valence-electron chi connectivity index (χ0n) is 11.8. The van der Waals surface area contributed by atoms with Crippen molar-refractivity contribution in [1.29, 1.82) is 0 Å². The summed E-state index contributed by atoms with van der Waals surface area (Å²) in [5, 5.41) is 13.1. The van der Waals surface area contributed by atoms with Crippen LogP contribution >= 0.6 is 27.7 Å². The zero-order valence-corrected chi connectivity index (χ0v) is 14.2. The monoisotopic (exact) mass is 367 g/mol. The molecule has 0 aliphatic rings. The van der Waals surface area contributed by atoms with Crippen molar-refractivity contribution in [3.05, 3.63) is 53.0 Å². The molecule has 0 spiro atoms. The number of ether oxygens (including phenoxy) is 1. The molecule has 5 heteroatoms. The fraction of sp³-hybridized carbons (Fsp3) is 0.250. The van der Waals surface area contributed by atoms with E-state index in [4.69, 9.17) is 4.74 Å². The Bertz CT molecular complexity index is 562. The molecule has 2 rings (SSSR count). The van der Waals surface area contributed by atoms with Crippen LogP contribution in [0.2, 0.25) is 0 Å². The largest absolute Gasteiger partial charge is 0.491 e. The third-order valence-corrected chi connectivity index (χ3v) is 4.11. The highest BCUT2D eigenvalue weighted by molar-refractivity contribution is 9.10. The number of hydrogen-bond donors (Lipinski definition) is 2. The van der Waals surface area contributed by atoms with E-state index in [1.165, 1.54) is 4.90 Å². The number of aliphatic hydroxyl groups excluding tert-OH is 1. The van der Waals surface area contributed by atoms with Gasteiger partial charge in [-0.05, 0) is 48.7 Å². The van der Waals surface area contributed by atoms with Gasteiger partial charge in [-0.1, -0.05) is 22.0 Å². The summed E-state index contributed by atoms with van der Waals surface area (Å²) in [4.78, 5) is 1.22. The molecule has 0 amide bonds. The van der Waals surface area contributed by atoms with Crippen LogP contribution in [-0.4, -0.2) is 30.6 Å². The SMILES string of the molecule is CSc1ccc(NCC(O)COc2cccc(Br)c2)cc1. The number of nitrogens with one attached hydrogen (secondary N) is 1. The van der Waals surface area contributed by atoms with Gasteiger partial charge < -0.3 is 15.2 Å². The van der Waals surface area contributed by atoms with Gasteiger partial charge in [-0.25, -0.2) is 0 Å². The zero-order chi connectivity index (χ0) is 15.1. The van der Waals surface area contributed by atoms with Crippen LogP contribution in [0.5, 0.6) is 5.75 Å². The standard InChI is InChI=1S/C16H18BrNO2S/c1-21-16-7-5-13(6-8-16)18-10-14(19)11-20-15-4-2-3-12(17)9-15/h2-9,14,18-19H,10-11H2,1H3. The maximum atomic E-state index is 9.94. The summed E-state index contributed by atoms with van der Waals surface area (Å²) in [5.41, 5.74) is 0.995. The lowest BCUT2D eigenvalue weighted by Crippen LogP contribution is -2.26. The highest BCUT2D eigenvalue weighted by atomic mass is 79.9. The molecule has 21 heavy (non-hydrogen) atoms. The summed E-state index contributed by atoms with van der Waals surface area (Å²) in [6.07, 6.45) is 1.48. The van der Waals surface area contributed by atoms with E-state index >= 15 is 0 Å². The third kappa shape index (κ3) is 5.61. The summed E-state index contributed by atoms with van der Waals surface area (Å²) < 4.78 is 6.51. The number of benzene rings is 2. The van der Waals surface area contributed by atoms with Gasteiger partial charge in [0.05, 0.1) is 0 Å². The van der Waals surface area contributed by atoms with Gasteiger partial charge in [-0.15, -0.1) is 11.8 Å². The number of rotatable bonds is 7. The molecule has 1 atom stereocenters. The van der Waals surface area contributed by atoms with E-state index in [9.17, 15) is 5.11 Å². The second kappa shape index (κ2) is 8.32. The topological polar surface area (TPSA) is 41.5 Å². The van der Waals surface area contributed by atoms with Gasteiger partial charge in [0.1, 0.15) is 18.5 Å². The van der Waals surface area contributed by atoms with Crippen molar-refractivity contribution >= 4 is 33.4 Å². The Balaban J connectivity index is 1.75. The quantitative estimate of drug-likeness (QED) is 0.725. The molecule has 2 aromatic carbocycles. The van der Waals surface area contributed by atoms with Gasteiger partial charge in [0.15, 0.2) is 0 Å². The number of anilines is 1. The van der Waals surface area contributed by atoms with Crippen molar-refractivity contribution < 1.29 is 9.84 Å². The molecule has 0 bridgehead atoms. The minimum absolute atomic E-state index is 0.256. The summed E-state index contributed by atoms with van der Waals surface area (Å²) in [6, 6.07) is 15.7. The van der Waals surface area contributed by atoms with Crippen LogP contribution < -0.4 is 10.1 Å². The van der Waals surface area contributed by atoms with Gasteiger partial charge in [0.25, 0.3) is 0 Å². The third-order valence-electron chi connectivity index (χ3n) is 2.87.